The molecule has 1 atom stereocenters. The maximum Gasteiger partial charge on any atom is 0.244 e. The molecule has 3 heterocycles. The predicted octanol–water partition coefficient (Wildman–Crippen LogP) is 3.79. The van der Waals surface area contributed by atoms with E-state index >= 15 is 0 Å². The molecule has 1 fully saturated rings. The highest BCUT2D eigenvalue weighted by Crippen LogP contribution is 2.27. The van der Waals surface area contributed by atoms with Gasteiger partial charge in [-0.05, 0) is 73.3 Å². The number of carbonyl (C=O) groups is 1. The van der Waals surface area contributed by atoms with Crippen LogP contribution in [0.25, 0.3) is 6.08 Å². The summed E-state index contributed by atoms with van der Waals surface area (Å²) in [7, 11) is -3.65. The van der Waals surface area contributed by atoms with E-state index in [2.05, 4.69) is 26.4 Å². The van der Waals surface area contributed by atoms with E-state index < -0.39 is 10.0 Å². The lowest BCUT2D eigenvalue weighted by molar-refractivity contribution is -0.116. The molecule has 0 bridgehead atoms. The van der Waals surface area contributed by atoms with E-state index in [1.165, 1.54) is 42.2 Å². The second-order valence-electron chi connectivity index (χ2n) is 7.83. The summed E-state index contributed by atoms with van der Waals surface area (Å²) in [6.45, 7) is 2.75. The van der Waals surface area contributed by atoms with E-state index in [-0.39, 0.29) is 23.4 Å². The molecule has 0 radical (unpaired) electrons. The SMILES string of the molecule is O=C(/C=C/c1ccc(S(=O)(=O)NCc2ccco2)cc1)NCC(c1cccs1)N1CCCC1. The van der Waals surface area contributed by atoms with Crippen molar-refractivity contribution >= 4 is 33.3 Å². The van der Waals surface area contributed by atoms with Gasteiger partial charge in [0.1, 0.15) is 5.76 Å². The number of benzene rings is 1. The van der Waals surface area contributed by atoms with Crippen molar-refractivity contribution in [3.8, 4) is 0 Å². The summed E-state index contributed by atoms with van der Waals surface area (Å²) in [5, 5.41) is 5.07. The third kappa shape index (κ3) is 6.42. The van der Waals surface area contributed by atoms with Gasteiger partial charge >= 0.3 is 0 Å². The van der Waals surface area contributed by atoms with Gasteiger partial charge in [0.25, 0.3) is 0 Å². The maximum absolute atomic E-state index is 12.4. The van der Waals surface area contributed by atoms with Crippen LogP contribution >= 0.6 is 11.3 Å². The molecule has 1 aliphatic rings. The molecule has 2 aromatic heterocycles. The number of likely N-dealkylation sites (tertiary alicyclic amines) is 1. The van der Waals surface area contributed by atoms with Crippen LogP contribution in [0.3, 0.4) is 0 Å². The number of furan rings is 1. The zero-order valence-electron chi connectivity index (χ0n) is 18.1. The molecule has 1 aromatic carbocycles. The predicted molar refractivity (Wildman–Crippen MR) is 129 cm³/mol. The van der Waals surface area contributed by atoms with E-state index in [0.29, 0.717) is 12.3 Å². The second kappa shape index (κ2) is 10.9. The molecule has 2 N–H and O–H groups in total. The van der Waals surface area contributed by atoms with Crippen LogP contribution in [0.2, 0.25) is 0 Å². The summed E-state index contributed by atoms with van der Waals surface area (Å²) in [6.07, 6.45) is 7.04. The molecule has 9 heteroatoms. The molecular formula is C24H27N3O4S2. The standard InChI is InChI=1S/C24H27N3O4S2/c28-24(25-18-22(23-6-4-16-32-23)27-13-1-2-14-27)12-9-19-7-10-21(11-8-19)33(29,30)26-17-20-5-3-15-31-20/h3-12,15-16,22,26H,1-2,13-14,17-18H2,(H,25,28)/b12-9+. The van der Waals surface area contributed by atoms with Gasteiger partial charge in [-0.2, -0.15) is 0 Å². The summed E-state index contributed by atoms with van der Waals surface area (Å²) in [4.78, 5) is 16.2. The molecule has 1 amide bonds. The largest absolute Gasteiger partial charge is 0.468 e. The number of amides is 1. The molecule has 0 spiro atoms. The highest BCUT2D eigenvalue weighted by molar-refractivity contribution is 7.89. The van der Waals surface area contributed by atoms with Crippen LogP contribution < -0.4 is 10.0 Å². The first-order valence-electron chi connectivity index (χ1n) is 10.9. The van der Waals surface area contributed by atoms with Gasteiger partial charge in [-0.3, -0.25) is 9.69 Å². The zero-order valence-corrected chi connectivity index (χ0v) is 19.8. The van der Waals surface area contributed by atoms with Crippen LogP contribution in [0.1, 0.15) is 35.1 Å². The van der Waals surface area contributed by atoms with Crippen molar-refractivity contribution in [2.24, 2.45) is 0 Å². The number of rotatable bonds is 10. The molecule has 1 saturated heterocycles. The van der Waals surface area contributed by atoms with Gasteiger partial charge in [0.15, 0.2) is 0 Å². The highest BCUT2D eigenvalue weighted by atomic mass is 32.2. The number of hydrogen-bond donors (Lipinski definition) is 2. The minimum atomic E-state index is -3.65. The van der Waals surface area contributed by atoms with Gasteiger partial charge in [-0.25, -0.2) is 13.1 Å². The molecule has 0 saturated carbocycles. The minimum Gasteiger partial charge on any atom is -0.468 e. The van der Waals surface area contributed by atoms with Crippen molar-refractivity contribution in [2.45, 2.75) is 30.3 Å². The smallest absolute Gasteiger partial charge is 0.244 e. The van der Waals surface area contributed by atoms with Gasteiger partial charge in [-0.15, -0.1) is 11.3 Å². The molecule has 4 rings (SSSR count). The number of thiophene rings is 1. The molecule has 1 aliphatic heterocycles. The van der Waals surface area contributed by atoms with E-state index in [4.69, 9.17) is 4.42 Å². The fourth-order valence-electron chi connectivity index (χ4n) is 3.79. The van der Waals surface area contributed by atoms with E-state index in [1.54, 1.807) is 41.7 Å². The Labute approximate surface area is 198 Å². The summed E-state index contributed by atoms with van der Waals surface area (Å²) in [5.74, 6) is 0.364. The molecular weight excluding hydrogens is 458 g/mol. The first-order chi connectivity index (χ1) is 16.0. The fraction of sp³-hybridized carbons (Fsp3) is 0.292. The van der Waals surface area contributed by atoms with Crippen molar-refractivity contribution in [2.75, 3.05) is 19.6 Å². The Bertz CT molecular complexity index is 1150. The first-order valence-corrected chi connectivity index (χ1v) is 13.2. The van der Waals surface area contributed by atoms with Crippen LogP contribution in [0.5, 0.6) is 0 Å². The van der Waals surface area contributed by atoms with Crippen molar-refractivity contribution in [3.63, 3.8) is 0 Å². The van der Waals surface area contributed by atoms with Gasteiger partial charge in [0.2, 0.25) is 15.9 Å². The van der Waals surface area contributed by atoms with Crippen molar-refractivity contribution < 1.29 is 17.6 Å². The summed E-state index contributed by atoms with van der Waals surface area (Å²) >= 11 is 1.72. The lowest BCUT2D eigenvalue weighted by Crippen LogP contribution is -2.35. The Morgan fingerprint density at radius 3 is 2.58 bits per heavy atom. The van der Waals surface area contributed by atoms with Gasteiger partial charge in [0, 0.05) is 17.5 Å². The topological polar surface area (TPSA) is 91.6 Å². The fourth-order valence-corrected chi connectivity index (χ4v) is 5.65. The van der Waals surface area contributed by atoms with Gasteiger partial charge in [-0.1, -0.05) is 18.2 Å². The van der Waals surface area contributed by atoms with Crippen LogP contribution in [0.15, 0.2) is 75.6 Å². The minimum absolute atomic E-state index is 0.0844. The van der Waals surface area contributed by atoms with Gasteiger partial charge < -0.3 is 9.73 Å². The van der Waals surface area contributed by atoms with E-state index in [0.717, 1.165) is 18.7 Å². The Morgan fingerprint density at radius 1 is 1.12 bits per heavy atom. The van der Waals surface area contributed by atoms with Crippen LogP contribution in [-0.2, 0) is 21.4 Å². The lowest BCUT2D eigenvalue weighted by Gasteiger charge is -2.26. The lowest BCUT2D eigenvalue weighted by atomic mass is 10.2. The van der Waals surface area contributed by atoms with Gasteiger partial charge in [0.05, 0.1) is 23.7 Å². The Kier molecular flexibility index (Phi) is 7.77. The quantitative estimate of drug-likeness (QED) is 0.427. The van der Waals surface area contributed by atoms with Crippen LogP contribution in [0.4, 0.5) is 0 Å². The molecule has 33 heavy (non-hydrogen) atoms. The molecule has 0 aliphatic carbocycles. The van der Waals surface area contributed by atoms with E-state index in [1.807, 2.05) is 6.07 Å². The number of nitrogens with zero attached hydrogens (tertiary/aromatic N) is 1. The molecule has 1 unspecified atom stereocenters. The van der Waals surface area contributed by atoms with Crippen molar-refractivity contribution in [1.82, 2.24) is 14.9 Å². The maximum atomic E-state index is 12.4. The monoisotopic (exact) mass is 485 g/mol. The average molecular weight is 486 g/mol. The van der Waals surface area contributed by atoms with Crippen molar-refractivity contribution in [3.05, 3.63) is 82.5 Å². The Balaban J connectivity index is 1.31. The Hall–Kier alpha value is -2.72. The summed E-state index contributed by atoms with van der Waals surface area (Å²) in [6, 6.07) is 14.1. The molecule has 7 nitrogen and oxygen atoms in total. The third-order valence-corrected chi connectivity index (χ3v) is 7.95. The van der Waals surface area contributed by atoms with Crippen LogP contribution in [-0.4, -0.2) is 38.9 Å². The van der Waals surface area contributed by atoms with Crippen molar-refractivity contribution in [1.29, 1.82) is 0 Å². The Morgan fingerprint density at radius 2 is 1.91 bits per heavy atom. The molecule has 3 aromatic rings. The normalized spacial score (nSPS) is 15.8. The first kappa shape index (κ1) is 23.4. The molecule has 174 valence electrons. The number of carbonyl (C=O) groups excluding carboxylic acids is 1. The van der Waals surface area contributed by atoms with Crippen LogP contribution in [0, 0.1) is 0 Å². The third-order valence-electron chi connectivity index (χ3n) is 5.56. The average Bonchev–Trinajstić information content (AvgIpc) is 3.61. The highest BCUT2D eigenvalue weighted by Gasteiger charge is 2.24. The summed E-state index contributed by atoms with van der Waals surface area (Å²) in [5.41, 5.74) is 0.740. The second-order valence-corrected chi connectivity index (χ2v) is 10.6. The van der Waals surface area contributed by atoms with E-state index in [9.17, 15) is 13.2 Å². The number of hydrogen-bond acceptors (Lipinski definition) is 6. The zero-order chi connectivity index (χ0) is 23.1. The number of sulfonamides is 1. The number of nitrogens with one attached hydrogen (secondary N) is 2. The summed E-state index contributed by atoms with van der Waals surface area (Å²) < 4.78 is 32.5.